The average Bonchev–Trinajstić information content (AvgIpc) is 2.27. The minimum Gasteiger partial charge on any atom is -0.399 e. The fraction of sp³-hybridized carbons (Fsp3) is 0.462. The molecule has 0 aliphatic heterocycles. The molecule has 4 nitrogen and oxygen atoms in total. The summed E-state index contributed by atoms with van der Waals surface area (Å²) < 4.78 is 0. The number of anilines is 1. The molecule has 0 radical (unpaired) electrons. The van der Waals surface area contributed by atoms with Crippen LogP contribution in [0, 0.1) is 0 Å². The predicted octanol–water partition coefficient (Wildman–Crippen LogP) is 1.34. The lowest BCUT2D eigenvalue weighted by atomic mass is 10.0. The first kappa shape index (κ1) is 13.5. The first-order chi connectivity index (χ1) is 7.83. The fourth-order valence-electron chi connectivity index (χ4n) is 1.19. The molecule has 1 amide bonds. The van der Waals surface area contributed by atoms with E-state index in [0.29, 0.717) is 17.8 Å². The van der Waals surface area contributed by atoms with E-state index in [4.69, 9.17) is 5.73 Å². The summed E-state index contributed by atoms with van der Waals surface area (Å²) >= 11 is 0. The maximum Gasteiger partial charge on any atom is 0.251 e. The van der Waals surface area contributed by atoms with E-state index >= 15 is 0 Å². The lowest BCUT2D eigenvalue weighted by Gasteiger charge is -2.32. The van der Waals surface area contributed by atoms with Gasteiger partial charge in [-0.3, -0.25) is 4.79 Å². The first-order valence-electron chi connectivity index (χ1n) is 5.64. The molecule has 4 heteroatoms. The second-order valence-corrected chi connectivity index (χ2v) is 5.01. The monoisotopic (exact) mass is 235 g/mol. The molecule has 1 rings (SSSR count). The summed E-state index contributed by atoms with van der Waals surface area (Å²) in [5.74, 6) is -0.0695. The zero-order valence-electron chi connectivity index (χ0n) is 10.9. The highest BCUT2D eigenvalue weighted by molar-refractivity contribution is 5.94. The van der Waals surface area contributed by atoms with Gasteiger partial charge in [-0.25, -0.2) is 0 Å². The van der Waals surface area contributed by atoms with Crippen molar-refractivity contribution in [3.05, 3.63) is 29.8 Å². The zero-order valence-corrected chi connectivity index (χ0v) is 10.9. The van der Waals surface area contributed by atoms with Crippen molar-refractivity contribution < 1.29 is 4.79 Å². The number of likely N-dealkylation sites (N-methyl/N-ethyl adjacent to an activating group) is 1. The van der Waals surface area contributed by atoms with Crippen LogP contribution in [0.3, 0.4) is 0 Å². The zero-order chi connectivity index (χ0) is 13.1. The van der Waals surface area contributed by atoms with Crippen molar-refractivity contribution in [1.29, 1.82) is 0 Å². The molecule has 1 aromatic carbocycles. The van der Waals surface area contributed by atoms with Crippen LogP contribution in [0.1, 0.15) is 24.2 Å². The molecule has 1 aromatic rings. The van der Waals surface area contributed by atoms with Crippen LogP contribution in [0.5, 0.6) is 0 Å². The molecule has 0 unspecified atom stereocenters. The summed E-state index contributed by atoms with van der Waals surface area (Å²) in [5.41, 5.74) is 6.80. The van der Waals surface area contributed by atoms with Crippen LogP contribution < -0.4 is 11.1 Å². The number of benzene rings is 1. The summed E-state index contributed by atoms with van der Waals surface area (Å²) in [7, 11) is 3.99. The summed E-state index contributed by atoms with van der Waals surface area (Å²) in [6, 6.07) is 6.92. The Balaban J connectivity index is 2.59. The minimum atomic E-state index is -0.0695. The van der Waals surface area contributed by atoms with Crippen LogP contribution in [-0.2, 0) is 0 Å². The Kier molecular flexibility index (Phi) is 4.12. The van der Waals surface area contributed by atoms with Gasteiger partial charge in [-0.2, -0.15) is 0 Å². The van der Waals surface area contributed by atoms with Gasteiger partial charge in [-0.1, -0.05) is 0 Å². The van der Waals surface area contributed by atoms with Gasteiger partial charge < -0.3 is 16.0 Å². The van der Waals surface area contributed by atoms with Gasteiger partial charge in [0.25, 0.3) is 5.91 Å². The number of carbonyl (C=O) groups excluding carboxylic acids is 1. The molecule has 0 aromatic heterocycles. The molecule has 0 saturated heterocycles. The summed E-state index contributed by atoms with van der Waals surface area (Å²) in [5, 5.41) is 2.92. The molecule has 0 bridgehead atoms. The molecule has 0 heterocycles. The molecule has 0 aliphatic rings. The highest BCUT2D eigenvalue weighted by Crippen LogP contribution is 2.09. The number of rotatable bonds is 4. The molecule has 17 heavy (non-hydrogen) atoms. The summed E-state index contributed by atoms with van der Waals surface area (Å²) in [4.78, 5) is 13.9. The van der Waals surface area contributed by atoms with Gasteiger partial charge in [0, 0.05) is 23.3 Å². The Morgan fingerprint density at radius 1 is 1.29 bits per heavy atom. The lowest BCUT2D eigenvalue weighted by Crippen LogP contribution is -2.48. The predicted molar refractivity (Wildman–Crippen MR) is 71.0 cm³/mol. The minimum absolute atomic E-state index is 0.0660. The van der Waals surface area contributed by atoms with E-state index in [9.17, 15) is 4.79 Å². The maximum absolute atomic E-state index is 11.9. The SMILES string of the molecule is CN(C)C(C)(C)CNC(=O)c1ccc(N)cc1. The van der Waals surface area contributed by atoms with Crippen molar-refractivity contribution in [1.82, 2.24) is 10.2 Å². The highest BCUT2D eigenvalue weighted by Gasteiger charge is 2.21. The normalized spacial score (nSPS) is 11.6. The van der Waals surface area contributed by atoms with E-state index < -0.39 is 0 Å². The van der Waals surface area contributed by atoms with Crippen LogP contribution in [0.25, 0.3) is 0 Å². The van der Waals surface area contributed by atoms with E-state index in [1.807, 2.05) is 14.1 Å². The first-order valence-corrected chi connectivity index (χ1v) is 5.64. The third-order valence-corrected chi connectivity index (χ3v) is 3.07. The molecule has 0 spiro atoms. The quantitative estimate of drug-likeness (QED) is 0.774. The van der Waals surface area contributed by atoms with Gasteiger partial charge in [0.15, 0.2) is 0 Å². The van der Waals surface area contributed by atoms with Crippen LogP contribution in [0.15, 0.2) is 24.3 Å². The molecule has 0 atom stereocenters. The van der Waals surface area contributed by atoms with Crippen LogP contribution in [-0.4, -0.2) is 37.0 Å². The van der Waals surface area contributed by atoms with Crippen molar-refractivity contribution in [3.63, 3.8) is 0 Å². The Hall–Kier alpha value is -1.55. The average molecular weight is 235 g/mol. The number of amides is 1. The molecule has 0 fully saturated rings. The van der Waals surface area contributed by atoms with Gasteiger partial charge in [-0.15, -0.1) is 0 Å². The van der Waals surface area contributed by atoms with Crippen molar-refractivity contribution >= 4 is 11.6 Å². The Labute approximate surface area is 103 Å². The van der Waals surface area contributed by atoms with Crippen LogP contribution in [0.4, 0.5) is 5.69 Å². The van der Waals surface area contributed by atoms with Crippen molar-refractivity contribution in [3.8, 4) is 0 Å². The molecule has 3 N–H and O–H groups in total. The standard InChI is InChI=1S/C13H21N3O/c1-13(2,16(3)4)9-15-12(17)10-5-7-11(14)8-6-10/h5-8H,9,14H2,1-4H3,(H,15,17). The van der Waals surface area contributed by atoms with E-state index in [-0.39, 0.29) is 11.4 Å². The number of hydrogen-bond donors (Lipinski definition) is 2. The Morgan fingerprint density at radius 3 is 2.29 bits per heavy atom. The van der Waals surface area contributed by atoms with E-state index in [2.05, 4.69) is 24.1 Å². The van der Waals surface area contributed by atoms with E-state index in [1.54, 1.807) is 24.3 Å². The molecular formula is C13H21N3O. The second kappa shape index (κ2) is 5.19. The number of nitrogens with two attached hydrogens (primary N) is 1. The largest absolute Gasteiger partial charge is 0.399 e. The van der Waals surface area contributed by atoms with Crippen molar-refractivity contribution in [2.75, 3.05) is 26.4 Å². The van der Waals surface area contributed by atoms with Gasteiger partial charge in [-0.05, 0) is 52.2 Å². The fourth-order valence-corrected chi connectivity index (χ4v) is 1.19. The Bertz CT molecular complexity index is 382. The van der Waals surface area contributed by atoms with E-state index in [1.165, 1.54) is 0 Å². The van der Waals surface area contributed by atoms with Gasteiger partial charge in [0.1, 0.15) is 0 Å². The number of hydrogen-bond acceptors (Lipinski definition) is 3. The van der Waals surface area contributed by atoms with Gasteiger partial charge in [0.2, 0.25) is 0 Å². The third-order valence-electron chi connectivity index (χ3n) is 3.07. The molecule has 0 aliphatic carbocycles. The molecular weight excluding hydrogens is 214 g/mol. The van der Waals surface area contributed by atoms with Gasteiger partial charge >= 0.3 is 0 Å². The Morgan fingerprint density at radius 2 is 1.82 bits per heavy atom. The topological polar surface area (TPSA) is 58.4 Å². The van der Waals surface area contributed by atoms with Gasteiger partial charge in [0.05, 0.1) is 0 Å². The second-order valence-electron chi connectivity index (χ2n) is 5.01. The highest BCUT2D eigenvalue weighted by atomic mass is 16.1. The number of nitrogens with zero attached hydrogens (tertiary/aromatic N) is 1. The molecule has 94 valence electrons. The summed E-state index contributed by atoms with van der Waals surface area (Å²) in [6.07, 6.45) is 0. The summed E-state index contributed by atoms with van der Waals surface area (Å²) in [6.45, 7) is 4.76. The lowest BCUT2D eigenvalue weighted by molar-refractivity contribution is 0.0919. The van der Waals surface area contributed by atoms with Crippen LogP contribution in [0.2, 0.25) is 0 Å². The number of nitrogen functional groups attached to an aromatic ring is 1. The van der Waals surface area contributed by atoms with Crippen LogP contribution >= 0.6 is 0 Å². The third kappa shape index (κ3) is 3.75. The molecule has 0 saturated carbocycles. The smallest absolute Gasteiger partial charge is 0.251 e. The van der Waals surface area contributed by atoms with Crippen molar-refractivity contribution in [2.24, 2.45) is 0 Å². The number of carbonyl (C=O) groups is 1. The maximum atomic E-state index is 11.9. The van der Waals surface area contributed by atoms with Crippen molar-refractivity contribution in [2.45, 2.75) is 19.4 Å². The van der Waals surface area contributed by atoms with E-state index in [0.717, 1.165) is 0 Å². The number of nitrogens with one attached hydrogen (secondary N) is 1.